The molecule has 3 atom stereocenters. The van der Waals surface area contributed by atoms with E-state index >= 15 is 0 Å². The molecule has 12 nitrogen and oxygen atoms in total. The fourth-order valence-electron chi connectivity index (χ4n) is 3.76. The van der Waals surface area contributed by atoms with Crippen LogP contribution in [0.1, 0.15) is 40.9 Å². The van der Waals surface area contributed by atoms with E-state index < -0.39 is 60.2 Å². The third kappa shape index (κ3) is 8.55. The van der Waals surface area contributed by atoms with Gasteiger partial charge in [-0.1, -0.05) is 22.0 Å². The van der Waals surface area contributed by atoms with Crippen molar-refractivity contribution in [2.24, 2.45) is 4.99 Å². The van der Waals surface area contributed by atoms with Crippen LogP contribution in [0.2, 0.25) is 0 Å². The summed E-state index contributed by atoms with van der Waals surface area (Å²) in [6, 6.07) is 5.78. The Labute approximate surface area is 239 Å². The monoisotopic (exact) mass is 645 g/mol. The highest BCUT2D eigenvalue weighted by atomic mass is 79.9. The van der Waals surface area contributed by atoms with E-state index in [2.05, 4.69) is 42.2 Å². The van der Waals surface area contributed by atoms with E-state index in [1.54, 1.807) is 0 Å². The lowest BCUT2D eigenvalue weighted by molar-refractivity contribution is -0.258. The molecule has 8 N–H and O–H groups in total. The number of aliphatic hydroxyl groups excluding tert-OH is 1. The molecule has 2 aromatic carbocycles. The second-order valence-corrected chi connectivity index (χ2v) is 10.3. The van der Waals surface area contributed by atoms with Crippen LogP contribution in [-0.4, -0.2) is 76.1 Å². The van der Waals surface area contributed by atoms with E-state index in [4.69, 9.17) is 0 Å². The molecule has 2 amide bonds. The summed E-state index contributed by atoms with van der Waals surface area (Å²) >= 11 is 3.05. The van der Waals surface area contributed by atoms with Crippen molar-refractivity contribution in [1.82, 2.24) is 16.0 Å². The van der Waals surface area contributed by atoms with Crippen molar-refractivity contribution in [1.29, 1.82) is 0 Å². The molecular weight excluding hydrogens is 619 g/mol. The molecule has 16 heteroatoms. The van der Waals surface area contributed by atoms with E-state index in [0.717, 1.165) is 18.2 Å². The number of anilines is 1. The van der Waals surface area contributed by atoms with Crippen LogP contribution < -0.4 is 21.3 Å². The molecule has 0 aliphatic carbocycles. The number of carboxylic acid groups (broad SMARTS) is 1. The number of phenolic OH excluding ortho intramolecular Hbond substituents is 1. The summed E-state index contributed by atoms with van der Waals surface area (Å²) in [7, 11) is 0. The van der Waals surface area contributed by atoms with Crippen molar-refractivity contribution in [2.45, 2.75) is 37.3 Å². The number of aliphatic hydroxyl groups is 2. The Kier molecular flexibility index (Phi) is 9.83. The molecule has 1 aliphatic rings. The number of carbonyl (C=O) groups excluding carboxylic acids is 2. The Morgan fingerprint density at radius 3 is 2.49 bits per heavy atom. The number of β-amino-alcohol motifs (C(OH)–C–C–N with tert-alkyl or cyclic N) is 1. The van der Waals surface area contributed by atoms with Gasteiger partial charge < -0.3 is 41.7 Å². The summed E-state index contributed by atoms with van der Waals surface area (Å²) in [5.41, 5.74) is -3.62. The van der Waals surface area contributed by atoms with Crippen molar-refractivity contribution < 1.29 is 48.0 Å². The second kappa shape index (κ2) is 12.7. The Morgan fingerprint density at radius 2 is 1.88 bits per heavy atom. The Hall–Kier alpha value is -3.89. The minimum Gasteiger partial charge on any atom is -0.508 e. The topological polar surface area (TPSA) is 193 Å². The van der Waals surface area contributed by atoms with Gasteiger partial charge in [0, 0.05) is 28.3 Å². The SMILES string of the molecule is CC(O)(c1cc(Br)cc([C@H](CC(=O)O)NC(=O)CNC(=O)c2cc(O)cc(NC3=NCC(O)CN3)c2)c1)C(F)(F)F. The molecule has 0 spiro atoms. The molecule has 2 aromatic rings. The lowest BCUT2D eigenvalue weighted by Gasteiger charge is -2.28. The van der Waals surface area contributed by atoms with Crippen LogP contribution in [0, 0.1) is 0 Å². The number of benzene rings is 2. The Morgan fingerprint density at radius 1 is 1.17 bits per heavy atom. The molecule has 0 radical (unpaired) electrons. The molecule has 1 heterocycles. The van der Waals surface area contributed by atoms with Crippen LogP contribution in [0.4, 0.5) is 18.9 Å². The predicted octanol–water partition coefficient (Wildman–Crippen LogP) is 1.72. The largest absolute Gasteiger partial charge is 0.508 e. The van der Waals surface area contributed by atoms with Crippen molar-refractivity contribution >= 4 is 45.4 Å². The van der Waals surface area contributed by atoms with Gasteiger partial charge in [-0.15, -0.1) is 0 Å². The van der Waals surface area contributed by atoms with Crippen LogP contribution in [0.5, 0.6) is 5.75 Å². The molecule has 41 heavy (non-hydrogen) atoms. The number of hydrogen-bond donors (Lipinski definition) is 8. The highest BCUT2D eigenvalue weighted by Gasteiger charge is 2.51. The van der Waals surface area contributed by atoms with Crippen molar-refractivity contribution in [3.05, 3.63) is 57.6 Å². The first kappa shape index (κ1) is 31.6. The standard InChI is InChI=1S/C25H27BrF3N5O7/c1-24(41,25(27,28)29)14-2-12(3-15(26)6-14)19(8-21(38)39)34-20(37)11-30-22(40)13-4-16(7-17(35)5-13)33-23-31-9-18(36)10-32-23/h2-7,18-19,35-36,41H,8-11H2,1H3,(H,30,40)(H,34,37)(H,38,39)(H2,31,32,33)/t19-,24?/m0/s1. The summed E-state index contributed by atoms with van der Waals surface area (Å²) in [4.78, 5) is 40.8. The van der Waals surface area contributed by atoms with Crippen molar-refractivity contribution in [2.75, 3.05) is 25.0 Å². The van der Waals surface area contributed by atoms with Crippen molar-refractivity contribution in [3.8, 4) is 5.75 Å². The van der Waals surface area contributed by atoms with Gasteiger partial charge in [0.15, 0.2) is 11.6 Å². The number of aromatic hydroxyl groups is 1. The number of guanidine groups is 1. The molecule has 0 saturated heterocycles. The fraction of sp³-hybridized carbons (Fsp3) is 0.360. The molecule has 1 aliphatic heterocycles. The first-order valence-electron chi connectivity index (χ1n) is 12.0. The zero-order chi connectivity index (χ0) is 30.5. The van der Waals surface area contributed by atoms with E-state index in [-0.39, 0.29) is 40.1 Å². The first-order valence-corrected chi connectivity index (χ1v) is 12.8. The van der Waals surface area contributed by atoms with Gasteiger partial charge in [-0.2, -0.15) is 13.2 Å². The third-order valence-corrected chi connectivity index (χ3v) is 6.43. The van der Waals surface area contributed by atoms with E-state index in [1.807, 2.05) is 0 Å². The van der Waals surface area contributed by atoms with Crippen molar-refractivity contribution in [3.63, 3.8) is 0 Å². The van der Waals surface area contributed by atoms with Gasteiger partial charge in [-0.05, 0) is 42.3 Å². The number of halogens is 4. The highest BCUT2D eigenvalue weighted by molar-refractivity contribution is 9.10. The van der Waals surface area contributed by atoms with Gasteiger partial charge in [0.05, 0.1) is 31.7 Å². The summed E-state index contributed by atoms with van der Waals surface area (Å²) in [5.74, 6) is -2.96. The van der Waals surface area contributed by atoms with Gasteiger partial charge in [0.1, 0.15) is 5.75 Å². The predicted molar refractivity (Wildman–Crippen MR) is 143 cm³/mol. The zero-order valence-corrected chi connectivity index (χ0v) is 23.0. The van der Waals surface area contributed by atoms with Crippen LogP contribution in [0.3, 0.4) is 0 Å². The maximum absolute atomic E-state index is 13.4. The van der Waals surface area contributed by atoms with Gasteiger partial charge in [0.2, 0.25) is 5.91 Å². The number of carbonyl (C=O) groups is 3. The highest BCUT2D eigenvalue weighted by Crippen LogP contribution is 2.40. The number of carboxylic acids is 1. The molecule has 2 unspecified atom stereocenters. The molecular formula is C25H27BrF3N5O7. The zero-order valence-electron chi connectivity index (χ0n) is 21.4. The number of nitrogens with one attached hydrogen (secondary N) is 4. The van der Waals surface area contributed by atoms with Crippen LogP contribution in [-0.2, 0) is 15.2 Å². The molecule has 0 bridgehead atoms. The third-order valence-electron chi connectivity index (χ3n) is 5.97. The number of aliphatic carboxylic acids is 1. The average molecular weight is 646 g/mol. The average Bonchev–Trinajstić information content (AvgIpc) is 2.86. The lowest BCUT2D eigenvalue weighted by Crippen LogP contribution is -2.42. The number of alkyl halides is 3. The molecule has 0 aromatic heterocycles. The number of rotatable bonds is 9. The van der Waals surface area contributed by atoms with Crippen LogP contribution >= 0.6 is 15.9 Å². The number of phenols is 1. The first-order chi connectivity index (χ1) is 19.0. The maximum atomic E-state index is 13.4. The Balaban J connectivity index is 1.71. The van der Waals surface area contributed by atoms with Gasteiger partial charge in [-0.3, -0.25) is 19.4 Å². The number of hydrogen-bond acceptors (Lipinski definition) is 9. The van der Waals surface area contributed by atoms with Crippen LogP contribution in [0.15, 0.2) is 45.9 Å². The van der Waals surface area contributed by atoms with Gasteiger partial charge in [0.25, 0.3) is 5.91 Å². The second-order valence-electron chi connectivity index (χ2n) is 9.36. The van der Waals surface area contributed by atoms with E-state index in [9.17, 15) is 48.0 Å². The summed E-state index contributed by atoms with van der Waals surface area (Å²) < 4.78 is 40.3. The normalized spacial score (nSPS) is 17.3. The Bertz CT molecular complexity index is 1350. The van der Waals surface area contributed by atoms with Gasteiger partial charge in [-0.25, -0.2) is 0 Å². The molecule has 0 saturated carbocycles. The molecule has 3 rings (SSSR count). The van der Waals surface area contributed by atoms with E-state index in [1.165, 1.54) is 18.2 Å². The minimum atomic E-state index is -5.04. The smallest absolute Gasteiger partial charge is 0.421 e. The summed E-state index contributed by atoms with van der Waals surface area (Å²) in [5, 5.41) is 49.3. The fourth-order valence-corrected chi connectivity index (χ4v) is 4.27. The van der Waals surface area contributed by atoms with Crippen LogP contribution in [0.25, 0.3) is 0 Å². The minimum absolute atomic E-state index is 0.0311. The number of nitrogens with zero attached hydrogens (tertiary/aromatic N) is 1. The molecule has 222 valence electrons. The van der Waals surface area contributed by atoms with E-state index in [0.29, 0.717) is 12.9 Å². The maximum Gasteiger partial charge on any atom is 0.421 e. The lowest BCUT2D eigenvalue weighted by atomic mass is 9.91. The quantitative estimate of drug-likeness (QED) is 0.200. The number of amides is 2. The van der Waals surface area contributed by atoms with Gasteiger partial charge >= 0.3 is 12.1 Å². The summed E-state index contributed by atoms with van der Waals surface area (Å²) in [6.07, 6.45) is -6.39. The number of aliphatic imine (C=N–C) groups is 1. The summed E-state index contributed by atoms with van der Waals surface area (Å²) in [6.45, 7) is 0.312. The molecule has 0 fully saturated rings.